The van der Waals surface area contributed by atoms with Crippen LogP contribution in [0.25, 0.3) is 0 Å². The van der Waals surface area contributed by atoms with E-state index in [-0.39, 0.29) is 0 Å². The molecular weight excluding hydrogens is 362 g/mol. The highest BCUT2D eigenvalue weighted by atomic mass is 15.3. The van der Waals surface area contributed by atoms with Crippen molar-refractivity contribution in [1.82, 2.24) is 29.6 Å². The van der Waals surface area contributed by atoms with Crippen molar-refractivity contribution in [3.8, 4) is 0 Å². The van der Waals surface area contributed by atoms with Gasteiger partial charge in [0.1, 0.15) is 0 Å². The second-order valence-corrected chi connectivity index (χ2v) is 8.82. The first kappa shape index (κ1) is 22.1. The Morgan fingerprint density at radius 3 is 2.59 bits per heavy atom. The molecule has 7 heteroatoms. The number of aromatic nitrogens is 2. The molecule has 2 fully saturated rings. The number of aliphatic imine (C=N–C) groups is 1. The Morgan fingerprint density at radius 2 is 1.93 bits per heavy atom. The topological polar surface area (TPSA) is 51.9 Å². The zero-order valence-corrected chi connectivity index (χ0v) is 18.9. The van der Waals surface area contributed by atoms with E-state index < -0.39 is 0 Å². The Morgan fingerprint density at radius 1 is 1.17 bits per heavy atom. The van der Waals surface area contributed by atoms with Gasteiger partial charge in [0.25, 0.3) is 0 Å². The minimum Gasteiger partial charge on any atom is -0.357 e. The first-order valence-corrected chi connectivity index (χ1v) is 11.6. The summed E-state index contributed by atoms with van der Waals surface area (Å²) in [6.07, 6.45) is 7.11. The van der Waals surface area contributed by atoms with Crippen molar-refractivity contribution in [2.75, 3.05) is 65.4 Å². The first-order valence-electron chi connectivity index (χ1n) is 11.6. The van der Waals surface area contributed by atoms with E-state index in [1.54, 1.807) is 0 Å². The molecule has 0 saturated carbocycles. The van der Waals surface area contributed by atoms with Crippen LogP contribution in [0.15, 0.2) is 23.7 Å². The van der Waals surface area contributed by atoms with Gasteiger partial charge in [0, 0.05) is 71.3 Å². The third kappa shape index (κ3) is 6.19. The van der Waals surface area contributed by atoms with Crippen LogP contribution in [0.5, 0.6) is 0 Å². The molecule has 0 aliphatic carbocycles. The summed E-state index contributed by atoms with van der Waals surface area (Å²) in [5.41, 5.74) is 0. The summed E-state index contributed by atoms with van der Waals surface area (Å²) in [7, 11) is 0. The Kier molecular flexibility index (Phi) is 8.36. The fourth-order valence-electron chi connectivity index (χ4n) is 4.55. The number of nitrogens with one attached hydrogen (secondary N) is 1. The minimum atomic E-state index is 0.461. The van der Waals surface area contributed by atoms with E-state index in [2.05, 4.69) is 63.5 Å². The number of likely N-dealkylation sites (N-methyl/N-ethyl adjacent to an activating group) is 1. The van der Waals surface area contributed by atoms with Crippen molar-refractivity contribution in [2.24, 2.45) is 16.8 Å². The van der Waals surface area contributed by atoms with Crippen molar-refractivity contribution in [2.45, 2.75) is 40.2 Å². The monoisotopic (exact) mass is 403 g/mol. The summed E-state index contributed by atoms with van der Waals surface area (Å²) >= 11 is 0. The fraction of sp³-hybridized carbons (Fsp3) is 0.818. The van der Waals surface area contributed by atoms with Crippen LogP contribution >= 0.6 is 0 Å². The van der Waals surface area contributed by atoms with Crippen LogP contribution in [-0.2, 0) is 0 Å². The normalized spacial score (nSPS) is 25.9. The zero-order valence-electron chi connectivity index (χ0n) is 18.9. The SMILES string of the molecule is CCNC(=NCC(C)CN1CCN(CC)CC1)N1CCC(C)C(n2ccnc2)C1. The minimum absolute atomic E-state index is 0.461. The maximum Gasteiger partial charge on any atom is 0.193 e. The highest BCUT2D eigenvalue weighted by Crippen LogP contribution is 2.27. The lowest BCUT2D eigenvalue weighted by Crippen LogP contribution is -2.49. The molecule has 164 valence electrons. The predicted molar refractivity (Wildman–Crippen MR) is 120 cm³/mol. The van der Waals surface area contributed by atoms with E-state index in [1.807, 2.05) is 12.5 Å². The Hall–Kier alpha value is -1.60. The van der Waals surface area contributed by atoms with Crippen molar-refractivity contribution in [1.29, 1.82) is 0 Å². The highest BCUT2D eigenvalue weighted by molar-refractivity contribution is 5.80. The number of imidazole rings is 1. The molecule has 3 rings (SSSR count). The quantitative estimate of drug-likeness (QED) is 0.557. The van der Waals surface area contributed by atoms with Gasteiger partial charge in [-0.2, -0.15) is 0 Å². The van der Waals surface area contributed by atoms with E-state index in [9.17, 15) is 0 Å². The number of rotatable bonds is 7. The van der Waals surface area contributed by atoms with Gasteiger partial charge >= 0.3 is 0 Å². The molecule has 0 bridgehead atoms. The highest BCUT2D eigenvalue weighted by Gasteiger charge is 2.29. The molecule has 2 saturated heterocycles. The Bertz CT molecular complexity index is 607. The molecule has 29 heavy (non-hydrogen) atoms. The third-order valence-corrected chi connectivity index (χ3v) is 6.50. The Labute approximate surface area is 177 Å². The van der Waals surface area contributed by atoms with E-state index in [0.29, 0.717) is 17.9 Å². The number of hydrogen-bond acceptors (Lipinski definition) is 4. The van der Waals surface area contributed by atoms with Gasteiger partial charge in [-0.25, -0.2) is 4.98 Å². The molecule has 1 aromatic rings. The first-order chi connectivity index (χ1) is 14.1. The van der Waals surface area contributed by atoms with E-state index >= 15 is 0 Å². The number of likely N-dealkylation sites (tertiary alicyclic amines) is 1. The average Bonchev–Trinajstić information content (AvgIpc) is 3.27. The molecule has 0 radical (unpaired) electrons. The lowest BCUT2D eigenvalue weighted by Gasteiger charge is -2.39. The van der Waals surface area contributed by atoms with Crippen molar-refractivity contribution >= 4 is 5.96 Å². The van der Waals surface area contributed by atoms with Gasteiger partial charge in [-0.15, -0.1) is 0 Å². The van der Waals surface area contributed by atoms with Gasteiger partial charge in [-0.05, 0) is 31.7 Å². The second-order valence-electron chi connectivity index (χ2n) is 8.82. The molecule has 1 aromatic heterocycles. The van der Waals surface area contributed by atoms with E-state index in [4.69, 9.17) is 4.99 Å². The van der Waals surface area contributed by atoms with Gasteiger partial charge in [0.2, 0.25) is 0 Å². The lowest BCUT2D eigenvalue weighted by molar-refractivity contribution is 0.125. The predicted octanol–water partition coefficient (Wildman–Crippen LogP) is 2.01. The summed E-state index contributed by atoms with van der Waals surface area (Å²) in [6.45, 7) is 20.1. The van der Waals surface area contributed by atoms with Crippen LogP contribution in [0.3, 0.4) is 0 Å². The van der Waals surface area contributed by atoms with E-state index in [0.717, 1.165) is 38.7 Å². The van der Waals surface area contributed by atoms with Gasteiger partial charge in [0.05, 0.1) is 12.4 Å². The zero-order chi connectivity index (χ0) is 20.6. The molecule has 1 N–H and O–H groups in total. The van der Waals surface area contributed by atoms with Crippen molar-refractivity contribution < 1.29 is 0 Å². The van der Waals surface area contributed by atoms with Crippen LogP contribution in [0.4, 0.5) is 0 Å². The van der Waals surface area contributed by atoms with Crippen molar-refractivity contribution in [3.63, 3.8) is 0 Å². The maximum atomic E-state index is 5.04. The van der Waals surface area contributed by atoms with Gasteiger partial charge in [-0.3, -0.25) is 4.99 Å². The average molecular weight is 404 g/mol. The summed E-state index contributed by atoms with van der Waals surface area (Å²) in [6, 6.07) is 0.461. The summed E-state index contributed by atoms with van der Waals surface area (Å²) in [5, 5.41) is 3.54. The van der Waals surface area contributed by atoms with Gasteiger partial charge < -0.3 is 24.6 Å². The number of piperazine rings is 1. The molecule has 7 nitrogen and oxygen atoms in total. The van der Waals surface area contributed by atoms with Gasteiger partial charge in [0.15, 0.2) is 5.96 Å². The van der Waals surface area contributed by atoms with E-state index in [1.165, 1.54) is 39.1 Å². The lowest BCUT2D eigenvalue weighted by atomic mass is 9.93. The van der Waals surface area contributed by atoms with Crippen LogP contribution < -0.4 is 5.32 Å². The standard InChI is InChI=1S/C22H41N7/c1-5-24-22(25-15-19(3)16-27-13-11-26(6-2)12-14-27)28-9-7-20(4)21(17-28)29-10-8-23-18-29/h8,10,18-21H,5-7,9,11-17H2,1-4H3,(H,24,25). The van der Waals surface area contributed by atoms with Crippen LogP contribution in [-0.4, -0.2) is 95.7 Å². The largest absolute Gasteiger partial charge is 0.357 e. The molecule has 3 atom stereocenters. The van der Waals surface area contributed by atoms with Crippen LogP contribution in [0, 0.1) is 11.8 Å². The molecule has 0 spiro atoms. The molecule has 0 amide bonds. The fourth-order valence-corrected chi connectivity index (χ4v) is 4.55. The maximum absolute atomic E-state index is 5.04. The smallest absolute Gasteiger partial charge is 0.193 e. The van der Waals surface area contributed by atoms with Crippen molar-refractivity contribution in [3.05, 3.63) is 18.7 Å². The number of piperidine rings is 1. The summed E-state index contributed by atoms with van der Waals surface area (Å²) in [4.78, 5) is 16.9. The summed E-state index contributed by atoms with van der Waals surface area (Å²) in [5.74, 6) is 2.31. The Balaban J connectivity index is 1.55. The molecule has 3 unspecified atom stereocenters. The summed E-state index contributed by atoms with van der Waals surface area (Å²) < 4.78 is 2.26. The van der Waals surface area contributed by atoms with Crippen LogP contribution in [0.2, 0.25) is 0 Å². The molecule has 2 aliphatic heterocycles. The number of nitrogens with zero attached hydrogens (tertiary/aromatic N) is 6. The number of guanidine groups is 1. The molecule has 3 heterocycles. The molecule has 2 aliphatic rings. The second kappa shape index (κ2) is 11.0. The number of hydrogen-bond donors (Lipinski definition) is 1. The third-order valence-electron chi connectivity index (χ3n) is 6.50. The molecule has 0 aromatic carbocycles. The molecular formula is C22H41N7. The van der Waals surface area contributed by atoms with Gasteiger partial charge in [-0.1, -0.05) is 20.8 Å². The van der Waals surface area contributed by atoms with Crippen LogP contribution in [0.1, 0.15) is 40.2 Å².